The van der Waals surface area contributed by atoms with E-state index >= 15 is 0 Å². The van der Waals surface area contributed by atoms with E-state index < -0.39 is 0 Å². The van der Waals surface area contributed by atoms with Gasteiger partial charge in [0.05, 0.1) is 11.1 Å². The van der Waals surface area contributed by atoms with Crippen LogP contribution in [0.5, 0.6) is 0 Å². The highest BCUT2D eigenvalue weighted by Crippen LogP contribution is 2.12. The fourth-order valence-corrected chi connectivity index (χ4v) is 3.23. The van der Waals surface area contributed by atoms with Crippen molar-refractivity contribution < 1.29 is 9.53 Å². The molecule has 1 fully saturated rings. The molecule has 1 saturated heterocycles. The highest BCUT2D eigenvalue weighted by atomic mass is 127. The van der Waals surface area contributed by atoms with Crippen LogP contribution in [0.2, 0.25) is 0 Å². The number of hydrogen-bond donors (Lipinski definition) is 2. The Hall–Kier alpha value is -0.940. The summed E-state index contributed by atoms with van der Waals surface area (Å²) >= 11 is 1.71. The lowest BCUT2D eigenvalue weighted by atomic mass is 10.1. The van der Waals surface area contributed by atoms with Crippen molar-refractivity contribution in [3.05, 3.63) is 16.1 Å². The van der Waals surface area contributed by atoms with Gasteiger partial charge in [-0.15, -0.1) is 35.3 Å². The van der Waals surface area contributed by atoms with Crippen LogP contribution in [0.4, 0.5) is 0 Å². The number of halogens is 1. The second-order valence-electron chi connectivity index (χ2n) is 6.36. The molecule has 0 aromatic carbocycles. The monoisotopic (exact) mass is 495 g/mol. The number of ether oxygens (including phenoxy) is 1. The van der Waals surface area contributed by atoms with Crippen LogP contribution in [-0.2, 0) is 16.0 Å². The van der Waals surface area contributed by atoms with Gasteiger partial charge < -0.3 is 20.3 Å². The first-order valence-corrected chi connectivity index (χ1v) is 9.61. The van der Waals surface area contributed by atoms with Gasteiger partial charge >= 0.3 is 0 Å². The SMILES string of the molecule is Cc1cnc(CCNC(=NCC(=O)N(C)C)NCC2CCCCO2)s1.I. The number of aliphatic imine (C=N–C) groups is 1. The van der Waals surface area contributed by atoms with Gasteiger partial charge in [0.1, 0.15) is 6.54 Å². The fraction of sp³-hybridized carbons (Fsp3) is 0.706. The lowest BCUT2D eigenvalue weighted by Gasteiger charge is -2.23. The lowest BCUT2D eigenvalue weighted by Crippen LogP contribution is -2.43. The molecule has 2 heterocycles. The van der Waals surface area contributed by atoms with Crippen molar-refractivity contribution in [2.75, 3.05) is 40.3 Å². The maximum atomic E-state index is 11.8. The summed E-state index contributed by atoms with van der Waals surface area (Å²) in [6, 6.07) is 0. The van der Waals surface area contributed by atoms with Gasteiger partial charge in [-0.25, -0.2) is 9.98 Å². The second kappa shape index (κ2) is 12.4. The summed E-state index contributed by atoms with van der Waals surface area (Å²) < 4.78 is 5.74. The van der Waals surface area contributed by atoms with Crippen LogP contribution < -0.4 is 10.6 Å². The number of likely N-dealkylation sites (N-methyl/N-ethyl adjacent to an activating group) is 1. The molecule has 0 saturated carbocycles. The maximum Gasteiger partial charge on any atom is 0.243 e. The van der Waals surface area contributed by atoms with Crippen LogP contribution in [0.15, 0.2) is 11.2 Å². The minimum atomic E-state index is -0.0226. The molecule has 1 aliphatic heterocycles. The predicted molar refractivity (Wildman–Crippen MR) is 117 cm³/mol. The molecule has 0 bridgehead atoms. The summed E-state index contributed by atoms with van der Waals surface area (Å²) in [5.74, 6) is 0.628. The van der Waals surface area contributed by atoms with E-state index in [1.165, 1.54) is 11.3 Å². The molecule has 148 valence electrons. The highest BCUT2D eigenvalue weighted by Gasteiger charge is 2.14. The van der Waals surface area contributed by atoms with E-state index in [9.17, 15) is 4.79 Å². The Morgan fingerprint density at radius 3 is 2.85 bits per heavy atom. The summed E-state index contributed by atoms with van der Waals surface area (Å²) in [7, 11) is 3.47. The standard InChI is InChI=1S/C17H29N5O2S.HI/c1-13-10-19-15(25-13)7-8-18-17(21-12-16(23)22(2)3)20-11-14-6-4-5-9-24-14;/h10,14H,4-9,11-12H2,1-3H3,(H2,18,20,21);1H. The number of aromatic nitrogens is 1. The van der Waals surface area contributed by atoms with Gasteiger partial charge in [-0.1, -0.05) is 0 Å². The Bertz CT molecular complexity index is 573. The van der Waals surface area contributed by atoms with E-state index in [-0.39, 0.29) is 42.5 Å². The molecule has 0 radical (unpaired) electrons. The molecular formula is C17H30IN5O2S. The molecule has 1 aromatic heterocycles. The Morgan fingerprint density at radius 2 is 2.23 bits per heavy atom. The van der Waals surface area contributed by atoms with Crippen LogP contribution in [0.25, 0.3) is 0 Å². The number of nitrogens with zero attached hydrogens (tertiary/aromatic N) is 3. The van der Waals surface area contributed by atoms with Crippen LogP contribution in [0, 0.1) is 6.92 Å². The summed E-state index contributed by atoms with van der Waals surface area (Å²) in [6.45, 7) is 4.44. The van der Waals surface area contributed by atoms with Gasteiger partial charge in [0, 0.05) is 51.3 Å². The number of carbonyl (C=O) groups is 1. The Kier molecular flexibility index (Phi) is 11.1. The predicted octanol–water partition coefficient (Wildman–Crippen LogP) is 1.80. The van der Waals surface area contributed by atoms with Gasteiger partial charge in [-0.3, -0.25) is 4.79 Å². The van der Waals surface area contributed by atoms with Gasteiger partial charge in [-0.2, -0.15) is 0 Å². The largest absolute Gasteiger partial charge is 0.376 e. The number of thiazole rings is 1. The first-order valence-electron chi connectivity index (χ1n) is 8.80. The van der Waals surface area contributed by atoms with Gasteiger partial charge in [0.25, 0.3) is 0 Å². The van der Waals surface area contributed by atoms with E-state index in [2.05, 4.69) is 27.5 Å². The molecule has 0 spiro atoms. The molecule has 2 N–H and O–H groups in total. The van der Waals surface area contributed by atoms with Crippen molar-refractivity contribution in [3.63, 3.8) is 0 Å². The van der Waals surface area contributed by atoms with Crippen molar-refractivity contribution in [1.29, 1.82) is 0 Å². The summed E-state index contributed by atoms with van der Waals surface area (Å²) in [5.41, 5.74) is 0. The minimum Gasteiger partial charge on any atom is -0.376 e. The Balaban J connectivity index is 0.00000338. The number of hydrogen-bond acceptors (Lipinski definition) is 5. The summed E-state index contributed by atoms with van der Waals surface area (Å²) in [4.78, 5) is 23.3. The molecule has 2 rings (SSSR count). The lowest BCUT2D eigenvalue weighted by molar-refractivity contribution is -0.127. The Labute approximate surface area is 177 Å². The first-order chi connectivity index (χ1) is 12.0. The smallest absolute Gasteiger partial charge is 0.243 e. The van der Waals surface area contributed by atoms with Gasteiger partial charge in [-0.05, 0) is 26.2 Å². The topological polar surface area (TPSA) is 78.9 Å². The van der Waals surface area contributed by atoms with E-state index in [0.717, 1.165) is 37.4 Å². The minimum absolute atomic E-state index is 0. The maximum absolute atomic E-state index is 11.8. The average molecular weight is 495 g/mol. The number of carbonyl (C=O) groups excluding carboxylic acids is 1. The number of guanidine groups is 1. The molecular weight excluding hydrogens is 465 g/mol. The molecule has 1 unspecified atom stereocenters. The third kappa shape index (κ3) is 8.63. The first kappa shape index (κ1) is 23.1. The van der Waals surface area contributed by atoms with Crippen LogP contribution in [0.3, 0.4) is 0 Å². The second-order valence-corrected chi connectivity index (χ2v) is 7.68. The summed E-state index contributed by atoms with van der Waals surface area (Å²) in [6.07, 6.45) is 6.35. The molecule has 7 nitrogen and oxygen atoms in total. The van der Waals surface area contributed by atoms with Crippen LogP contribution >= 0.6 is 35.3 Å². The van der Waals surface area contributed by atoms with Gasteiger partial charge in [0.15, 0.2) is 5.96 Å². The van der Waals surface area contributed by atoms with E-state index in [1.54, 1.807) is 30.3 Å². The zero-order valence-electron chi connectivity index (χ0n) is 15.8. The van der Waals surface area contributed by atoms with Crippen molar-refractivity contribution >= 4 is 47.2 Å². The third-order valence-electron chi connectivity index (χ3n) is 3.94. The van der Waals surface area contributed by atoms with E-state index in [0.29, 0.717) is 12.5 Å². The Morgan fingerprint density at radius 1 is 1.42 bits per heavy atom. The number of nitrogens with one attached hydrogen (secondary N) is 2. The highest BCUT2D eigenvalue weighted by molar-refractivity contribution is 14.0. The van der Waals surface area contributed by atoms with Crippen molar-refractivity contribution in [2.24, 2.45) is 4.99 Å². The normalized spacial score (nSPS) is 17.3. The molecule has 1 aliphatic rings. The van der Waals surface area contributed by atoms with E-state index in [1.807, 2.05) is 6.20 Å². The third-order valence-corrected chi connectivity index (χ3v) is 4.92. The van der Waals surface area contributed by atoms with Gasteiger partial charge in [0.2, 0.25) is 5.91 Å². The number of amides is 1. The van der Waals surface area contributed by atoms with Crippen molar-refractivity contribution in [1.82, 2.24) is 20.5 Å². The molecule has 9 heteroatoms. The van der Waals surface area contributed by atoms with Crippen molar-refractivity contribution in [3.8, 4) is 0 Å². The molecule has 1 amide bonds. The van der Waals surface area contributed by atoms with Crippen LogP contribution in [-0.4, -0.2) is 68.2 Å². The quantitative estimate of drug-likeness (QED) is 0.343. The van der Waals surface area contributed by atoms with E-state index in [4.69, 9.17) is 4.74 Å². The zero-order chi connectivity index (χ0) is 18.1. The molecule has 26 heavy (non-hydrogen) atoms. The zero-order valence-corrected chi connectivity index (χ0v) is 18.9. The number of rotatable bonds is 7. The molecule has 1 atom stereocenters. The van der Waals surface area contributed by atoms with Crippen LogP contribution in [0.1, 0.15) is 29.1 Å². The average Bonchev–Trinajstić information content (AvgIpc) is 3.02. The molecule has 0 aliphatic carbocycles. The fourth-order valence-electron chi connectivity index (χ4n) is 2.45. The van der Waals surface area contributed by atoms with Crippen molar-refractivity contribution in [2.45, 2.75) is 38.7 Å². The number of aryl methyl sites for hydroxylation is 1. The summed E-state index contributed by atoms with van der Waals surface area (Å²) in [5, 5.41) is 7.69. The molecule has 1 aromatic rings.